The molecule has 3 rings (SSSR count). The minimum absolute atomic E-state index is 0.0264. The predicted molar refractivity (Wildman–Crippen MR) is 107 cm³/mol. The van der Waals surface area contributed by atoms with E-state index in [1.807, 2.05) is 49.4 Å². The number of carbonyl (C=O) groups is 1. The van der Waals surface area contributed by atoms with Gasteiger partial charge in [-0.2, -0.15) is 0 Å². The zero-order chi connectivity index (χ0) is 19.2. The lowest BCUT2D eigenvalue weighted by molar-refractivity contribution is -0.119. The van der Waals surface area contributed by atoms with Crippen molar-refractivity contribution in [2.24, 2.45) is 0 Å². The van der Waals surface area contributed by atoms with Gasteiger partial charge in [0.25, 0.3) is 5.56 Å². The molecule has 0 spiro atoms. The lowest BCUT2D eigenvalue weighted by atomic mass is 9.97. The van der Waals surface area contributed by atoms with Crippen LogP contribution in [-0.4, -0.2) is 28.6 Å². The molecule has 5 heteroatoms. The topological polar surface area (TPSA) is 82.2 Å². The molecule has 0 aliphatic carbocycles. The SMILES string of the molecule is Cc1ccc(/C(=C\[C@H]2CCC(=O)N2)c2ccc(CCCCO)c(=O)[nH]2)cc1. The fraction of sp³-hybridized carbons (Fsp3) is 0.364. The van der Waals surface area contributed by atoms with E-state index in [1.54, 1.807) is 0 Å². The van der Waals surface area contributed by atoms with Crippen LogP contribution in [0.1, 0.15) is 48.1 Å². The van der Waals surface area contributed by atoms with Crippen molar-refractivity contribution in [2.75, 3.05) is 6.61 Å². The van der Waals surface area contributed by atoms with Crippen molar-refractivity contribution in [1.82, 2.24) is 10.3 Å². The number of aromatic nitrogens is 1. The highest BCUT2D eigenvalue weighted by molar-refractivity contribution is 5.82. The smallest absolute Gasteiger partial charge is 0.251 e. The molecule has 1 amide bonds. The molecule has 5 nitrogen and oxygen atoms in total. The summed E-state index contributed by atoms with van der Waals surface area (Å²) in [5.74, 6) is 0.0623. The highest BCUT2D eigenvalue weighted by Gasteiger charge is 2.20. The third-order valence-corrected chi connectivity index (χ3v) is 4.89. The Hall–Kier alpha value is -2.66. The van der Waals surface area contributed by atoms with E-state index in [4.69, 9.17) is 5.11 Å². The number of aliphatic hydroxyl groups is 1. The first-order valence-electron chi connectivity index (χ1n) is 9.48. The molecular weight excluding hydrogens is 340 g/mol. The Kier molecular flexibility index (Phi) is 6.24. The van der Waals surface area contributed by atoms with Gasteiger partial charge in [-0.25, -0.2) is 0 Å². The summed E-state index contributed by atoms with van der Waals surface area (Å²) in [6.45, 7) is 2.18. The molecule has 2 aromatic rings. The summed E-state index contributed by atoms with van der Waals surface area (Å²) in [7, 11) is 0. The van der Waals surface area contributed by atoms with Gasteiger partial charge in [0.1, 0.15) is 0 Å². The van der Waals surface area contributed by atoms with Gasteiger partial charge >= 0.3 is 0 Å². The Balaban J connectivity index is 1.94. The number of amides is 1. The average Bonchev–Trinajstić information content (AvgIpc) is 3.07. The Morgan fingerprint density at radius 3 is 2.56 bits per heavy atom. The van der Waals surface area contributed by atoms with Crippen LogP contribution in [0.2, 0.25) is 0 Å². The van der Waals surface area contributed by atoms with Crippen molar-refractivity contribution in [1.29, 1.82) is 0 Å². The molecule has 0 bridgehead atoms. The number of pyridine rings is 1. The van der Waals surface area contributed by atoms with Gasteiger partial charge in [0, 0.05) is 35.9 Å². The number of aromatic amines is 1. The fourth-order valence-corrected chi connectivity index (χ4v) is 3.32. The number of unbranched alkanes of at least 4 members (excludes halogenated alkanes) is 1. The highest BCUT2D eigenvalue weighted by atomic mass is 16.3. The van der Waals surface area contributed by atoms with Crippen LogP contribution < -0.4 is 10.9 Å². The summed E-state index contributed by atoms with van der Waals surface area (Å²) in [6.07, 6.45) is 5.45. The number of carbonyl (C=O) groups excluding carboxylic acids is 1. The molecule has 0 radical (unpaired) electrons. The summed E-state index contributed by atoms with van der Waals surface area (Å²) < 4.78 is 0. The van der Waals surface area contributed by atoms with Crippen molar-refractivity contribution < 1.29 is 9.90 Å². The molecule has 1 aliphatic rings. The van der Waals surface area contributed by atoms with E-state index < -0.39 is 0 Å². The molecule has 1 aromatic heterocycles. The summed E-state index contributed by atoms with van der Waals surface area (Å²) in [6, 6.07) is 11.9. The maximum atomic E-state index is 12.5. The van der Waals surface area contributed by atoms with Crippen molar-refractivity contribution in [3.05, 3.63) is 75.2 Å². The molecular formula is C22H26N2O3. The van der Waals surface area contributed by atoms with Crippen LogP contribution in [0.5, 0.6) is 0 Å². The third kappa shape index (κ3) is 4.95. The van der Waals surface area contributed by atoms with Crippen LogP contribution in [-0.2, 0) is 11.2 Å². The van der Waals surface area contributed by atoms with Crippen LogP contribution in [0.4, 0.5) is 0 Å². The number of hydrogen-bond acceptors (Lipinski definition) is 3. The van der Waals surface area contributed by atoms with E-state index >= 15 is 0 Å². The standard InChI is InChI=1S/C22H26N2O3/c1-15-5-7-16(8-6-15)19(14-18-10-12-21(26)23-18)20-11-9-17(22(27)24-20)4-2-3-13-25/h5-9,11,14,18,25H,2-4,10,12-13H2,1H3,(H,23,26)(H,24,27)/b19-14+/t18-/m1/s1. The first-order chi connectivity index (χ1) is 13.1. The molecule has 1 saturated heterocycles. The summed E-state index contributed by atoms with van der Waals surface area (Å²) >= 11 is 0. The molecule has 27 heavy (non-hydrogen) atoms. The van der Waals surface area contributed by atoms with Crippen LogP contribution in [0.3, 0.4) is 0 Å². The van der Waals surface area contributed by atoms with E-state index in [2.05, 4.69) is 10.3 Å². The minimum Gasteiger partial charge on any atom is -0.396 e. The maximum absolute atomic E-state index is 12.5. The van der Waals surface area contributed by atoms with Crippen molar-refractivity contribution in [2.45, 2.75) is 45.1 Å². The largest absolute Gasteiger partial charge is 0.396 e. The molecule has 1 fully saturated rings. The fourth-order valence-electron chi connectivity index (χ4n) is 3.32. The van der Waals surface area contributed by atoms with Gasteiger partial charge in [-0.3, -0.25) is 9.59 Å². The minimum atomic E-state index is -0.0982. The zero-order valence-corrected chi connectivity index (χ0v) is 15.6. The molecule has 3 N–H and O–H groups in total. The first kappa shape index (κ1) is 19.1. The van der Waals surface area contributed by atoms with Crippen LogP contribution >= 0.6 is 0 Å². The Labute approximate surface area is 159 Å². The van der Waals surface area contributed by atoms with Gasteiger partial charge in [0.2, 0.25) is 5.91 Å². The number of nitrogens with one attached hydrogen (secondary N) is 2. The maximum Gasteiger partial charge on any atom is 0.251 e. The third-order valence-electron chi connectivity index (χ3n) is 4.89. The molecule has 2 heterocycles. The second-order valence-corrected chi connectivity index (χ2v) is 7.07. The van der Waals surface area contributed by atoms with Crippen molar-refractivity contribution in [3.8, 4) is 0 Å². The predicted octanol–water partition coefficient (Wildman–Crippen LogP) is 2.71. The quantitative estimate of drug-likeness (QED) is 0.659. The average molecular weight is 366 g/mol. The van der Waals surface area contributed by atoms with Gasteiger partial charge in [-0.1, -0.05) is 42.0 Å². The second-order valence-electron chi connectivity index (χ2n) is 7.07. The lowest BCUT2D eigenvalue weighted by Gasteiger charge is -2.13. The van der Waals surface area contributed by atoms with E-state index in [0.717, 1.165) is 35.2 Å². The molecule has 142 valence electrons. The number of aliphatic hydroxyl groups excluding tert-OH is 1. The van der Waals surface area contributed by atoms with Gasteiger partial charge < -0.3 is 15.4 Å². The Morgan fingerprint density at radius 1 is 1.15 bits per heavy atom. The lowest BCUT2D eigenvalue weighted by Crippen LogP contribution is -2.23. The number of hydrogen-bond donors (Lipinski definition) is 3. The van der Waals surface area contributed by atoms with Crippen LogP contribution in [0, 0.1) is 6.92 Å². The van der Waals surface area contributed by atoms with E-state index in [9.17, 15) is 9.59 Å². The van der Waals surface area contributed by atoms with Crippen LogP contribution in [0.25, 0.3) is 5.57 Å². The van der Waals surface area contributed by atoms with Crippen molar-refractivity contribution in [3.63, 3.8) is 0 Å². The van der Waals surface area contributed by atoms with Gasteiger partial charge in [-0.15, -0.1) is 0 Å². The Bertz CT molecular complexity index is 881. The normalized spacial score (nSPS) is 17.2. The molecule has 1 aromatic carbocycles. The van der Waals surface area contributed by atoms with E-state index in [-0.39, 0.29) is 24.1 Å². The van der Waals surface area contributed by atoms with Gasteiger partial charge in [0.05, 0.1) is 0 Å². The van der Waals surface area contributed by atoms with Gasteiger partial charge in [-0.05, 0) is 44.2 Å². The summed E-state index contributed by atoms with van der Waals surface area (Å²) in [4.78, 5) is 27.1. The Morgan fingerprint density at radius 2 is 1.93 bits per heavy atom. The number of rotatable bonds is 7. The molecule has 0 saturated carbocycles. The van der Waals surface area contributed by atoms with E-state index in [1.165, 1.54) is 5.56 Å². The zero-order valence-electron chi connectivity index (χ0n) is 15.6. The van der Waals surface area contributed by atoms with Crippen LogP contribution in [0.15, 0.2) is 47.3 Å². The molecule has 0 unspecified atom stereocenters. The highest BCUT2D eigenvalue weighted by Crippen LogP contribution is 2.24. The number of aryl methyl sites for hydroxylation is 2. The first-order valence-corrected chi connectivity index (χ1v) is 9.48. The monoisotopic (exact) mass is 366 g/mol. The van der Waals surface area contributed by atoms with E-state index in [0.29, 0.717) is 19.3 Å². The van der Waals surface area contributed by atoms with Crippen molar-refractivity contribution >= 4 is 11.5 Å². The second kappa shape index (κ2) is 8.82. The summed E-state index contributed by atoms with van der Waals surface area (Å²) in [5.41, 5.74) is 4.46. The summed E-state index contributed by atoms with van der Waals surface area (Å²) in [5, 5.41) is 11.9. The molecule has 1 aliphatic heterocycles. The molecule has 1 atom stereocenters. The van der Waals surface area contributed by atoms with Gasteiger partial charge in [0.15, 0.2) is 0 Å². The number of H-pyrrole nitrogens is 1. The number of benzene rings is 1.